The summed E-state index contributed by atoms with van der Waals surface area (Å²) in [5, 5.41) is 3.98. The molecular weight excluding hydrogens is 184 g/mol. The van der Waals surface area contributed by atoms with Gasteiger partial charge in [-0.2, -0.15) is 0 Å². The zero-order valence-corrected chi connectivity index (χ0v) is 8.47. The molecule has 0 saturated heterocycles. The van der Waals surface area contributed by atoms with Gasteiger partial charge in [-0.1, -0.05) is 11.8 Å². The molecule has 0 aliphatic rings. The maximum atomic E-state index is 5.34. The van der Waals surface area contributed by atoms with Gasteiger partial charge in [-0.3, -0.25) is 0 Å². The lowest BCUT2D eigenvalue weighted by Crippen LogP contribution is -2.21. The van der Waals surface area contributed by atoms with Crippen molar-refractivity contribution in [3.8, 4) is 0 Å². The van der Waals surface area contributed by atoms with Gasteiger partial charge in [0.05, 0.1) is 0 Å². The lowest BCUT2D eigenvalue weighted by molar-refractivity contribution is 0.687. The number of aromatic nitrogens is 2. The van der Waals surface area contributed by atoms with E-state index in [1.807, 2.05) is 18.6 Å². The lowest BCUT2D eigenvalue weighted by Gasteiger charge is -2.02. The van der Waals surface area contributed by atoms with Crippen LogP contribution in [-0.4, -0.2) is 29.3 Å². The second-order valence-electron chi connectivity index (χ2n) is 2.54. The van der Waals surface area contributed by atoms with Gasteiger partial charge in [0.15, 0.2) is 5.16 Å². The highest BCUT2D eigenvalue weighted by Crippen LogP contribution is 2.06. The quantitative estimate of drug-likeness (QED) is 0.403. The topological polar surface area (TPSA) is 63.8 Å². The van der Waals surface area contributed by atoms with Gasteiger partial charge in [0.2, 0.25) is 0 Å². The van der Waals surface area contributed by atoms with Crippen LogP contribution in [0.3, 0.4) is 0 Å². The van der Waals surface area contributed by atoms with Gasteiger partial charge in [-0.05, 0) is 6.26 Å². The van der Waals surface area contributed by atoms with Gasteiger partial charge in [-0.25, -0.2) is 9.97 Å². The zero-order valence-electron chi connectivity index (χ0n) is 7.66. The molecule has 0 unspecified atom stereocenters. The van der Waals surface area contributed by atoms with E-state index in [1.54, 1.807) is 11.8 Å². The Balaban J connectivity index is 2.40. The van der Waals surface area contributed by atoms with E-state index >= 15 is 0 Å². The highest BCUT2D eigenvalue weighted by molar-refractivity contribution is 7.98. The fourth-order valence-corrected chi connectivity index (χ4v) is 1.19. The molecule has 0 atom stereocenters. The first kappa shape index (κ1) is 10.4. The summed E-state index contributed by atoms with van der Waals surface area (Å²) in [5.41, 5.74) is 6.43. The largest absolute Gasteiger partial charge is 0.329 e. The second kappa shape index (κ2) is 5.90. The molecule has 4 nitrogen and oxygen atoms in total. The molecule has 0 bridgehead atoms. The third-order valence-corrected chi connectivity index (χ3v) is 2.09. The Hall–Kier alpha value is -0.650. The van der Waals surface area contributed by atoms with Crippen LogP contribution < -0.4 is 11.1 Å². The Morgan fingerprint density at radius 2 is 2.15 bits per heavy atom. The Morgan fingerprint density at radius 3 is 2.69 bits per heavy atom. The molecule has 13 heavy (non-hydrogen) atoms. The van der Waals surface area contributed by atoms with Crippen molar-refractivity contribution < 1.29 is 0 Å². The minimum Gasteiger partial charge on any atom is -0.329 e. The molecule has 0 radical (unpaired) electrons. The summed E-state index contributed by atoms with van der Waals surface area (Å²) in [6.07, 6.45) is 5.63. The third kappa shape index (κ3) is 3.71. The van der Waals surface area contributed by atoms with Crippen molar-refractivity contribution in [2.45, 2.75) is 11.7 Å². The molecule has 1 aromatic rings. The van der Waals surface area contributed by atoms with Crippen LogP contribution in [0.2, 0.25) is 0 Å². The van der Waals surface area contributed by atoms with Gasteiger partial charge < -0.3 is 11.1 Å². The van der Waals surface area contributed by atoms with Crippen molar-refractivity contribution in [2.24, 2.45) is 5.73 Å². The maximum Gasteiger partial charge on any atom is 0.187 e. The van der Waals surface area contributed by atoms with Crippen LogP contribution in [0.25, 0.3) is 0 Å². The smallest absolute Gasteiger partial charge is 0.187 e. The summed E-state index contributed by atoms with van der Waals surface area (Å²) < 4.78 is 0. The second-order valence-corrected chi connectivity index (χ2v) is 3.32. The van der Waals surface area contributed by atoms with Gasteiger partial charge in [-0.15, -0.1) is 0 Å². The first-order valence-corrected chi connectivity index (χ1v) is 5.35. The predicted molar refractivity (Wildman–Crippen MR) is 54.6 cm³/mol. The highest BCUT2D eigenvalue weighted by atomic mass is 32.2. The van der Waals surface area contributed by atoms with Crippen molar-refractivity contribution >= 4 is 11.8 Å². The van der Waals surface area contributed by atoms with Crippen molar-refractivity contribution in [1.82, 2.24) is 15.3 Å². The fraction of sp³-hybridized carbons (Fsp3) is 0.500. The van der Waals surface area contributed by atoms with Crippen molar-refractivity contribution in [3.63, 3.8) is 0 Å². The first-order chi connectivity index (χ1) is 6.36. The van der Waals surface area contributed by atoms with Crippen LogP contribution in [0.4, 0.5) is 0 Å². The number of hydrogen-bond donors (Lipinski definition) is 2. The Bertz CT molecular complexity index is 236. The molecule has 3 N–H and O–H groups in total. The normalized spacial score (nSPS) is 10.3. The molecule has 0 spiro atoms. The summed E-state index contributed by atoms with van der Waals surface area (Å²) in [5.74, 6) is 0. The number of hydrogen-bond acceptors (Lipinski definition) is 5. The van der Waals surface area contributed by atoms with Crippen LogP contribution in [0.5, 0.6) is 0 Å². The van der Waals surface area contributed by atoms with Crippen LogP contribution in [0.1, 0.15) is 5.56 Å². The van der Waals surface area contributed by atoms with Crippen LogP contribution >= 0.6 is 11.8 Å². The molecule has 0 aliphatic heterocycles. The van der Waals surface area contributed by atoms with Crippen molar-refractivity contribution in [1.29, 1.82) is 0 Å². The van der Waals surface area contributed by atoms with E-state index in [-0.39, 0.29) is 0 Å². The molecule has 0 saturated carbocycles. The van der Waals surface area contributed by atoms with Crippen molar-refractivity contribution in [3.05, 3.63) is 18.0 Å². The Morgan fingerprint density at radius 1 is 1.46 bits per heavy atom. The highest BCUT2D eigenvalue weighted by Gasteiger charge is 1.94. The SMILES string of the molecule is CSc1ncc(CNCCN)cn1. The Labute approximate surface area is 82.3 Å². The summed E-state index contributed by atoms with van der Waals surface area (Å²) in [6.45, 7) is 2.26. The third-order valence-electron chi connectivity index (χ3n) is 1.51. The number of nitrogens with two attached hydrogens (primary N) is 1. The molecule has 1 heterocycles. The van der Waals surface area contributed by atoms with E-state index < -0.39 is 0 Å². The molecule has 0 aromatic carbocycles. The number of nitrogens with one attached hydrogen (secondary N) is 1. The van der Waals surface area contributed by atoms with E-state index in [4.69, 9.17) is 5.73 Å². The number of nitrogens with zero attached hydrogens (tertiary/aromatic N) is 2. The Kier molecular flexibility index (Phi) is 4.74. The van der Waals surface area contributed by atoms with Crippen LogP contribution in [0, 0.1) is 0 Å². The van der Waals surface area contributed by atoms with Gasteiger partial charge in [0.1, 0.15) is 0 Å². The average Bonchev–Trinajstić information content (AvgIpc) is 2.19. The lowest BCUT2D eigenvalue weighted by atomic mass is 10.3. The summed E-state index contributed by atoms with van der Waals surface area (Å²) in [6, 6.07) is 0. The van der Waals surface area contributed by atoms with E-state index in [0.717, 1.165) is 23.8 Å². The summed E-state index contributed by atoms with van der Waals surface area (Å²) in [7, 11) is 0. The minimum atomic E-state index is 0.657. The molecule has 5 heteroatoms. The molecule has 0 aliphatic carbocycles. The summed E-state index contributed by atoms with van der Waals surface area (Å²) in [4.78, 5) is 8.31. The van der Waals surface area contributed by atoms with Crippen LogP contribution in [-0.2, 0) is 6.54 Å². The molecule has 1 rings (SSSR count). The van der Waals surface area contributed by atoms with E-state index in [0.29, 0.717) is 6.54 Å². The monoisotopic (exact) mass is 198 g/mol. The first-order valence-electron chi connectivity index (χ1n) is 4.12. The molecule has 1 aromatic heterocycles. The van der Waals surface area contributed by atoms with Gasteiger partial charge in [0, 0.05) is 37.6 Å². The molecule has 0 fully saturated rings. The van der Waals surface area contributed by atoms with Gasteiger partial charge >= 0.3 is 0 Å². The molecule has 0 amide bonds. The van der Waals surface area contributed by atoms with E-state index in [1.165, 1.54) is 0 Å². The van der Waals surface area contributed by atoms with Gasteiger partial charge in [0.25, 0.3) is 0 Å². The summed E-state index contributed by atoms with van der Waals surface area (Å²) >= 11 is 1.54. The minimum absolute atomic E-state index is 0.657. The molecular formula is C8H14N4S. The van der Waals surface area contributed by atoms with E-state index in [9.17, 15) is 0 Å². The number of thioether (sulfide) groups is 1. The predicted octanol–water partition coefficient (Wildman–Crippen LogP) is 0.247. The van der Waals surface area contributed by atoms with Crippen LogP contribution in [0.15, 0.2) is 17.6 Å². The molecule has 72 valence electrons. The van der Waals surface area contributed by atoms with Crippen molar-refractivity contribution in [2.75, 3.05) is 19.3 Å². The van der Waals surface area contributed by atoms with E-state index in [2.05, 4.69) is 15.3 Å². The standard InChI is InChI=1S/C8H14N4S/c1-13-8-11-5-7(6-12-8)4-10-3-2-9/h5-6,10H,2-4,9H2,1H3. The zero-order chi connectivity index (χ0) is 9.52. The fourth-order valence-electron chi connectivity index (χ4n) is 0.874. The number of rotatable bonds is 5. The average molecular weight is 198 g/mol. The maximum absolute atomic E-state index is 5.34.